The summed E-state index contributed by atoms with van der Waals surface area (Å²) in [6.07, 6.45) is 3.99. The van der Waals surface area contributed by atoms with E-state index in [4.69, 9.17) is 6.64 Å². The summed E-state index contributed by atoms with van der Waals surface area (Å²) < 4.78 is 24.2. The van der Waals surface area contributed by atoms with Crippen LogP contribution in [-0.2, 0) is 26.0 Å². The molecule has 0 aromatic heterocycles. The molecule has 0 amide bonds. The van der Waals surface area contributed by atoms with Gasteiger partial charge in [-0.1, -0.05) is 0 Å². The first-order valence-corrected chi connectivity index (χ1v) is 10.9. The van der Waals surface area contributed by atoms with Crippen LogP contribution in [0.2, 0.25) is 9.45 Å². The number of unbranched alkanes of at least 4 members (excludes halogenated alkanes) is 2. The summed E-state index contributed by atoms with van der Waals surface area (Å²) in [5.41, 5.74) is 0. The summed E-state index contributed by atoms with van der Waals surface area (Å²) in [5.74, 6) is 0. The molecule has 0 atom stereocenters. The van der Waals surface area contributed by atoms with E-state index in [1.807, 2.05) is 13.8 Å². The van der Waals surface area contributed by atoms with Crippen molar-refractivity contribution in [3.05, 3.63) is 0 Å². The Bertz CT molecular complexity index is 235. The molecule has 3 nitrogen and oxygen atoms in total. The van der Waals surface area contributed by atoms with Gasteiger partial charge in [-0.25, -0.2) is 0 Å². The van der Waals surface area contributed by atoms with Gasteiger partial charge in [0.2, 0.25) is 0 Å². The molecule has 0 aromatic carbocycles. The minimum atomic E-state index is -4.35. The van der Waals surface area contributed by atoms with Crippen molar-refractivity contribution >= 4 is 0 Å². The minimum absolute atomic E-state index is 0.0225. The second-order valence-corrected chi connectivity index (χ2v) is 12.5. The van der Waals surface area contributed by atoms with Crippen LogP contribution < -0.4 is 0 Å². The molecule has 98 valence electrons. The molecule has 0 bridgehead atoms. The van der Waals surface area contributed by atoms with Gasteiger partial charge >= 0.3 is 102 Å². The van der Waals surface area contributed by atoms with Crippen molar-refractivity contribution < 1.29 is 26.0 Å². The Morgan fingerprint density at radius 2 is 1.38 bits per heavy atom. The van der Waals surface area contributed by atoms with Crippen LogP contribution in [0.4, 0.5) is 0 Å². The third-order valence-corrected chi connectivity index (χ3v) is 9.98. The van der Waals surface area contributed by atoms with E-state index in [0.717, 1.165) is 25.7 Å². The molecule has 0 spiro atoms. The molecule has 0 aliphatic carbocycles. The first-order valence-electron chi connectivity index (χ1n) is 6.55. The number of rotatable bonds is 9. The predicted octanol–water partition coefficient (Wildman–Crippen LogP) is 4.36. The molecular weight excluding hydrogens is 240 g/mol. The van der Waals surface area contributed by atoms with Crippen molar-refractivity contribution in [3.63, 3.8) is 0 Å². The third kappa shape index (κ3) is 5.18. The van der Waals surface area contributed by atoms with Crippen LogP contribution in [0.25, 0.3) is 0 Å². The van der Waals surface area contributed by atoms with E-state index >= 15 is 0 Å². The molecular formula is C12H28O3Ti. The molecule has 0 saturated carbocycles. The van der Waals surface area contributed by atoms with Crippen molar-refractivity contribution in [2.45, 2.75) is 62.8 Å². The standard InChI is InChI=1S/2C4H9O.C3H7.CH3.O.Ti/c2*1-2-3-4-5;1-3-2;;;/h2*2-4H2,1H3;3H,1-2H3;1H3;;/q2*-1;;;;+2. The fourth-order valence-electron chi connectivity index (χ4n) is 1.30. The second-order valence-electron chi connectivity index (χ2n) is 5.06. The molecule has 0 heterocycles. The van der Waals surface area contributed by atoms with Crippen LogP contribution in [0.15, 0.2) is 0 Å². The molecule has 0 N–H and O–H groups in total. The zero-order valence-corrected chi connectivity index (χ0v) is 13.1. The summed E-state index contributed by atoms with van der Waals surface area (Å²) in [6, 6.07) is 0. The van der Waals surface area contributed by atoms with Gasteiger partial charge in [0.25, 0.3) is 0 Å². The van der Waals surface area contributed by atoms with Gasteiger partial charge in [-0.15, -0.1) is 0 Å². The predicted molar refractivity (Wildman–Crippen MR) is 63.4 cm³/mol. The fraction of sp³-hybridized carbons (Fsp3) is 1.00. The zero-order valence-electron chi connectivity index (χ0n) is 11.5. The molecule has 0 fully saturated rings. The van der Waals surface area contributed by atoms with Crippen molar-refractivity contribution in [3.8, 4) is 0 Å². The van der Waals surface area contributed by atoms with Gasteiger partial charge in [-0.2, -0.15) is 0 Å². The molecule has 16 heavy (non-hydrogen) atoms. The third-order valence-electron chi connectivity index (χ3n) is 3.18. The van der Waals surface area contributed by atoms with Crippen LogP contribution >= 0.6 is 0 Å². The molecule has 0 aliphatic heterocycles. The molecule has 0 rings (SSSR count). The van der Waals surface area contributed by atoms with Crippen LogP contribution in [-0.4, -0.2) is 13.2 Å². The summed E-state index contributed by atoms with van der Waals surface area (Å²) in [5, 5.41) is 1.72. The van der Waals surface area contributed by atoms with Crippen molar-refractivity contribution in [2.24, 2.45) is 0 Å². The average Bonchev–Trinajstić information content (AvgIpc) is 2.18. The Balaban J connectivity index is 4.44. The van der Waals surface area contributed by atoms with Gasteiger partial charge < -0.3 is 0 Å². The first kappa shape index (κ1) is 16.4. The maximum absolute atomic E-state index is 12.9. The Kier molecular flexibility index (Phi) is 7.19. The molecule has 0 aromatic rings. The Morgan fingerprint density at radius 1 is 1.00 bits per heavy atom. The Labute approximate surface area is 102 Å². The van der Waals surface area contributed by atoms with E-state index in [1.54, 1.807) is 5.23 Å². The molecule has 4 heteroatoms. The van der Waals surface area contributed by atoms with E-state index in [1.165, 1.54) is 0 Å². The van der Waals surface area contributed by atoms with Crippen molar-refractivity contribution in [1.82, 2.24) is 0 Å². The van der Waals surface area contributed by atoms with Gasteiger partial charge in [-0.3, -0.25) is 0 Å². The van der Waals surface area contributed by atoms with Crippen molar-refractivity contribution in [2.75, 3.05) is 13.2 Å². The quantitative estimate of drug-likeness (QED) is 0.460. The van der Waals surface area contributed by atoms with E-state index < -0.39 is 16.1 Å². The second kappa shape index (κ2) is 7.00. The van der Waals surface area contributed by atoms with E-state index in [2.05, 4.69) is 13.8 Å². The summed E-state index contributed by atoms with van der Waals surface area (Å²) >= 11 is -4.35. The van der Waals surface area contributed by atoms with Gasteiger partial charge in [0.05, 0.1) is 0 Å². The number of hydrogen-bond donors (Lipinski definition) is 0. The average molecular weight is 268 g/mol. The van der Waals surface area contributed by atoms with Crippen molar-refractivity contribution in [1.29, 1.82) is 0 Å². The van der Waals surface area contributed by atoms with Crippen LogP contribution in [0.3, 0.4) is 0 Å². The Hall–Kier alpha value is 0.434. The normalized spacial score (nSPS) is 13.4. The molecule has 0 saturated heterocycles. The maximum atomic E-state index is 12.9. The van der Waals surface area contributed by atoms with Crippen LogP contribution in [0.1, 0.15) is 53.4 Å². The zero-order chi connectivity index (χ0) is 12.7. The first-order chi connectivity index (χ1) is 7.35. The fourth-order valence-corrected chi connectivity index (χ4v) is 4.44. The topological polar surface area (TPSA) is 35.5 Å². The van der Waals surface area contributed by atoms with Crippen LogP contribution in [0.5, 0.6) is 0 Å². The van der Waals surface area contributed by atoms with Gasteiger partial charge in [-0.05, 0) is 0 Å². The summed E-state index contributed by atoms with van der Waals surface area (Å²) in [6.45, 7) is 9.16. The van der Waals surface area contributed by atoms with E-state index in [9.17, 15) is 3.32 Å². The summed E-state index contributed by atoms with van der Waals surface area (Å²) in [7, 11) is 0. The molecule has 0 aliphatic rings. The van der Waals surface area contributed by atoms with Gasteiger partial charge in [0.15, 0.2) is 0 Å². The summed E-state index contributed by atoms with van der Waals surface area (Å²) in [4.78, 5) is 0. The molecule has 0 radical (unpaired) electrons. The van der Waals surface area contributed by atoms with Gasteiger partial charge in [0.1, 0.15) is 0 Å². The SMILES string of the molecule is CCCC[O][Ti]([CH3])(=[O])([O]CCCC)[CH](C)C. The Morgan fingerprint density at radius 3 is 1.62 bits per heavy atom. The van der Waals surface area contributed by atoms with Gasteiger partial charge in [0, 0.05) is 0 Å². The number of hydrogen-bond acceptors (Lipinski definition) is 3. The van der Waals surface area contributed by atoms with E-state index in [0.29, 0.717) is 13.2 Å². The monoisotopic (exact) mass is 268 g/mol. The van der Waals surface area contributed by atoms with E-state index in [-0.39, 0.29) is 4.22 Å². The van der Waals surface area contributed by atoms with Crippen LogP contribution in [0, 0.1) is 0 Å². The molecule has 0 unspecified atom stereocenters.